The van der Waals surface area contributed by atoms with Crippen LogP contribution in [0.2, 0.25) is 0 Å². The molecule has 0 fully saturated rings. The van der Waals surface area contributed by atoms with E-state index in [4.69, 9.17) is 27.0 Å². The summed E-state index contributed by atoms with van der Waals surface area (Å²) in [5.41, 5.74) is -0.953. The summed E-state index contributed by atoms with van der Waals surface area (Å²) < 4.78 is 27.7. The molecule has 22 heavy (non-hydrogen) atoms. The Hall–Kier alpha value is 0.0549. The topological polar surface area (TPSA) is 105 Å². The molecule has 0 aliphatic rings. The van der Waals surface area contributed by atoms with Gasteiger partial charge >= 0.3 is 7.60 Å². The molecule has 0 spiro atoms. The highest BCUT2D eigenvalue weighted by molar-refractivity contribution is 7.54. The first-order chi connectivity index (χ1) is 9.92. The van der Waals surface area contributed by atoms with E-state index < -0.39 is 30.6 Å². The summed E-state index contributed by atoms with van der Waals surface area (Å²) in [5.74, 6) is 0. The van der Waals surface area contributed by atoms with Crippen molar-refractivity contribution in [1.29, 1.82) is 0 Å². The van der Waals surface area contributed by atoms with Crippen LogP contribution in [0.3, 0.4) is 0 Å². The number of aliphatic hydroxyl groups excluding tert-OH is 1. The maximum Gasteiger partial charge on any atom is 0.359 e. The molecule has 0 amide bonds. The summed E-state index contributed by atoms with van der Waals surface area (Å²) in [5, 5.41) is 16.9. The quantitative estimate of drug-likeness (QED) is 0.381. The molecule has 0 aromatic carbocycles. The van der Waals surface area contributed by atoms with Crippen molar-refractivity contribution in [1.82, 2.24) is 0 Å². The highest BCUT2D eigenvalue weighted by atomic mass is 31.2. The first kappa shape index (κ1) is 22.1. The van der Waals surface area contributed by atoms with Crippen LogP contribution in [0.15, 0.2) is 0 Å². The van der Waals surface area contributed by atoms with Gasteiger partial charge in [0.05, 0.1) is 18.3 Å². The third kappa shape index (κ3) is 6.66. The molecule has 0 saturated heterocycles. The molecule has 0 aromatic heterocycles. The summed E-state index contributed by atoms with van der Waals surface area (Å²) >= 11 is 0. The van der Waals surface area contributed by atoms with E-state index in [0.717, 1.165) is 0 Å². The number of aliphatic hydroxyl groups is 2. The summed E-state index contributed by atoms with van der Waals surface area (Å²) in [6.45, 7) is 5.79. The largest absolute Gasteiger partial charge is 0.394 e. The second-order valence-electron chi connectivity index (χ2n) is 5.95. The molecule has 0 aliphatic carbocycles. The van der Waals surface area contributed by atoms with Gasteiger partial charge in [-0.25, -0.2) is 0 Å². The van der Waals surface area contributed by atoms with Crippen LogP contribution in [0.1, 0.15) is 40.5 Å². The molecule has 4 atom stereocenters. The average Bonchev–Trinajstić information content (AvgIpc) is 2.38. The molecule has 0 aliphatic heterocycles. The van der Waals surface area contributed by atoms with E-state index >= 15 is 0 Å². The number of hydrogen-bond donors (Lipinski definition) is 3. The monoisotopic (exact) mass is 338 g/mol. The van der Waals surface area contributed by atoms with Crippen LogP contribution in [-0.2, 0) is 18.6 Å². The molecule has 0 bridgehead atoms. The summed E-state index contributed by atoms with van der Waals surface area (Å²) in [4.78, 5) is 9.86. The van der Waals surface area contributed by atoms with Crippen LogP contribution in [0, 0.1) is 0 Å². The lowest BCUT2D eigenvalue weighted by molar-refractivity contribution is -0.0554. The van der Waals surface area contributed by atoms with Gasteiger partial charge in [0.25, 0.3) is 0 Å². The Labute approximate surface area is 133 Å². The molecular weight excluding hydrogens is 310 g/mol. The second-order valence-corrected chi connectivity index (χ2v) is 8.27. The second kappa shape index (κ2) is 8.78. The van der Waals surface area contributed by atoms with Crippen molar-refractivity contribution in [2.24, 2.45) is 0 Å². The van der Waals surface area contributed by atoms with Crippen molar-refractivity contribution in [3.8, 4) is 0 Å². The van der Waals surface area contributed by atoms with Gasteiger partial charge in [-0.3, -0.25) is 4.57 Å². The molecule has 2 unspecified atom stereocenters. The Kier molecular flexibility index (Phi) is 8.80. The van der Waals surface area contributed by atoms with E-state index in [9.17, 15) is 14.6 Å². The van der Waals surface area contributed by atoms with Gasteiger partial charge in [0, 0.05) is 19.7 Å². The van der Waals surface area contributed by atoms with Crippen molar-refractivity contribution in [3.63, 3.8) is 0 Å². The number of hydrogen-bond acceptors (Lipinski definition) is 6. The number of ether oxygens (including phenoxy) is 2. The van der Waals surface area contributed by atoms with E-state index in [2.05, 4.69) is 0 Å². The van der Waals surface area contributed by atoms with E-state index in [0.29, 0.717) is 12.8 Å². The molecule has 0 rings (SSSR count). The third-order valence-corrected chi connectivity index (χ3v) is 5.65. The van der Waals surface area contributed by atoms with Crippen LogP contribution in [0.5, 0.6) is 0 Å². The van der Waals surface area contributed by atoms with Crippen LogP contribution < -0.4 is 0 Å². The van der Waals surface area contributed by atoms with Crippen molar-refractivity contribution >= 4 is 15.4 Å². The Morgan fingerprint density at radius 1 is 1.32 bits per heavy atom. The van der Waals surface area contributed by atoms with Crippen LogP contribution >= 0.6 is 7.60 Å². The maximum atomic E-state index is 12.1. The van der Waals surface area contributed by atoms with Crippen LogP contribution in [0.25, 0.3) is 0 Å². The molecule has 3 N–H and O–H groups in total. The van der Waals surface area contributed by atoms with Gasteiger partial charge in [-0.05, 0) is 33.6 Å². The number of methoxy groups -OCH3 is 1. The van der Waals surface area contributed by atoms with Crippen LogP contribution in [0.4, 0.5) is 0 Å². The summed E-state index contributed by atoms with van der Waals surface area (Å²) in [6, 6.07) is -0.814. The fourth-order valence-electron chi connectivity index (χ4n) is 1.53. The standard InChI is InChI=1S/C13H28BO7P/c1-6-13(4,21-22(17,18)12(2,3)16)7-8-20-11(14)10(9-15)19-5/h10-11,15-16H,6-9H2,1-5H3,(H,17,18)/t10-,11-,13?/m1/s1. The van der Waals surface area contributed by atoms with Gasteiger partial charge in [-0.1, -0.05) is 6.92 Å². The third-order valence-electron chi connectivity index (χ3n) is 3.57. The first-order valence-electron chi connectivity index (χ1n) is 7.19. The van der Waals surface area contributed by atoms with Gasteiger partial charge in [0.1, 0.15) is 7.85 Å². The molecule has 7 nitrogen and oxygen atoms in total. The van der Waals surface area contributed by atoms with Gasteiger partial charge in [0.2, 0.25) is 0 Å². The Morgan fingerprint density at radius 2 is 1.86 bits per heavy atom. The number of rotatable bonds is 11. The Balaban J connectivity index is 4.62. The van der Waals surface area contributed by atoms with Crippen molar-refractivity contribution in [2.75, 3.05) is 20.3 Å². The maximum absolute atomic E-state index is 12.1. The van der Waals surface area contributed by atoms with Crippen LogP contribution in [-0.4, -0.2) is 66.3 Å². The zero-order valence-electron chi connectivity index (χ0n) is 14.0. The minimum absolute atomic E-state index is 0.150. The molecule has 0 heterocycles. The zero-order valence-corrected chi connectivity index (χ0v) is 14.9. The fraction of sp³-hybridized carbons (Fsp3) is 1.00. The first-order valence-corrected chi connectivity index (χ1v) is 8.77. The van der Waals surface area contributed by atoms with Gasteiger partial charge < -0.3 is 29.1 Å². The zero-order chi connectivity index (χ0) is 17.6. The average molecular weight is 338 g/mol. The Bertz CT molecular complexity index is 370. The van der Waals surface area contributed by atoms with Crippen molar-refractivity contribution in [3.05, 3.63) is 0 Å². The lowest BCUT2D eigenvalue weighted by Gasteiger charge is -2.35. The van der Waals surface area contributed by atoms with Crippen molar-refractivity contribution < 1.29 is 33.7 Å². The lowest BCUT2D eigenvalue weighted by Crippen LogP contribution is -2.37. The van der Waals surface area contributed by atoms with Gasteiger partial charge in [-0.15, -0.1) is 0 Å². The fourth-order valence-corrected chi connectivity index (χ4v) is 2.57. The predicted molar refractivity (Wildman–Crippen MR) is 83.9 cm³/mol. The highest BCUT2D eigenvalue weighted by Gasteiger charge is 2.44. The molecule has 9 heteroatoms. The molecule has 0 aromatic rings. The normalized spacial score (nSPS) is 20.9. The van der Waals surface area contributed by atoms with Crippen molar-refractivity contribution in [2.45, 2.75) is 63.6 Å². The van der Waals surface area contributed by atoms with Gasteiger partial charge in [0.15, 0.2) is 5.34 Å². The summed E-state index contributed by atoms with van der Waals surface area (Å²) in [7, 11) is 2.92. The minimum Gasteiger partial charge on any atom is -0.394 e. The van der Waals surface area contributed by atoms with E-state index in [-0.39, 0.29) is 13.2 Å². The van der Waals surface area contributed by atoms with E-state index in [1.54, 1.807) is 13.8 Å². The highest BCUT2D eigenvalue weighted by Crippen LogP contribution is 2.57. The smallest absolute Gasteiger partial charge is 0.359 e. The van der Waals surface area contributed by atoms with Gasteiger partial charge in [-0.2, -0.15) is 0 Å². The molecule has 130 valence electrons. The molecular formula is C13H28BO7P. The summed E-state index contributed by atoms with van der Waals surface area (Å²) in [6.07, 6.45) is 0.0914. The molecule has 2 radical (unpaired) electrons. The SMILES string of the molecule is [B][C@H](OCCC(C)(CC)OP(=O)(O)C(C)(C)O)[C@@H](CO)OC. The van der Waals surface area contributed by atoms with E-state index in [1.807, 2.05) is 0 Å². The molecule has 0 saturated carbocycles. The van der Waals surface area contributed by atoms with E-state index in [1.165, 1.54) is 21.0 Å². The minimum atomic E-state index is -4.20. The lowest BCUT2D eigenvalue weighted by atomic mass is 9.94. The Morgan fingerprint density at radius 3 is 2.23 bits per heavy atom. The predicted octanol–water partition coefficient (Wildman–Crippen LogP) is 0.994.